The molecule has 0 aliphatic rings. The summed E-state index contributed by atoms with van der Waals surface area (Å²) in [5, 5.41) is 0. The van der Waals surface area contributed by atoms with Gasteiger partial charge in [-0.05, 0) is 47.9 Å². The van der Waals surface area contributed by atoms with Gasteiger partial charge in [0.1, 0.15) is 11.5 Å². The van der Waals surface area contributed by atoms with Crippen molar-refractivity contribution in [3.8, 4) is 11.5 Å². The minimum absolute atomic E-state index is 0.0105. The highest BCUT2D eigenvalue weighted by Gasteiger charge is 2.07. The van der Waals surface area contributed by atoms with Crippen LogP contribution in [0.4, 0.5) is 13.2 Å². The summed E-state index contributed by atoms with van der Waals surface area (Å²) in [5.41, 5.74) is 2.84. The summed E-state index contributed by atoms with van der Waals surface area (Å²) in [6.07, 6.45) is -0.513. The minimum atomic E-state index is -2.48. The predicted octanol–water partition coefficient (Wildman–Crippen LogP) is 5.67. The first-order valence-corrected chi connectivity index (χ1v) is 6.81. The zero-order chi connectivity index (χ0) is 16.8. The van der Waals surface area contributed by atoms with Crippen LogP contribution in [0.2, 0.25) is 0 Å². The molecule has 23 heavy (non-hydrogen) atoms. The molecule has 0 spiro atoms. The first-order valence-electron chi connectivity index (χ1n) is 6.81. The number of hydrogen-bond donors (Lipinski definition) is 0. The van der Waals surface area contributed by atoms with Gasteiger partial charge in [-0.2, -0.15) is 13.2 Å². The van der Waals surface area contributed by atoms with Crippen molar-refractivity contribution in [2.24, 2.45) is 0 Å². The molecule has 0 heterocycles. The fraction of sp³-hybridized carbons (Fsp3) is 0.111. The summed E-state index contributed by atoms with van der Waals surface area (Å²) < 4.78 is 46.1. The summed E-state index contributed by atoms with van der Waals surface area (Å²) in [7, 11) is 1.60. The average Bonchev–Trinajstić information content (AvgIpc) is 2.56. The highest BCUT2D eigenvalue weighted by atomic mass is 19.3. The molecule has 2 nitrogen and oxygen atoms in total. The van der Waals surface area contributed by atoms with E-state index < -0.39 is 12.1 Å². The lowest BCUT2D eigenvalue weighted by Gasteiger charge is -2.06. The first kappa shape index (κ1) is 16.7. The molecule has 120 valence electrons. The quantitative estimate of drug-likeness (QED) is 0.522. The second-order valence-electron chi connectivity index (χ2n) is 4.76. The van der Waals surface area contributed by atoms with E-state index in [2.05, 4.69) is 4.74 Å². The molecule has 0 radical (unpaired) electrons. The Balaban J connectivity index is 2.14. The SMILES string of the molecule is COc1ccc(/C=C(\C)c2ccc(OC(F)=C(F)F)cc2)cc1. The van der Waals surface area contributed by atoms with E-state index >= 15 is 0 Å². The average molecular weight is 320 g/mol. The summed E-state index contributed by atoms with van der Waals surface area (Å²) in [5.74, 6) is 0.785. The lowest BCUT2D eigenvalue weighted by atomic mass is 10.0. The molecule has 2 aromatic rings. The highest BCUT2D eigenvalue weighted by molar-refractivity contribution is 5.80. The van der Waals surface area contributed by atoms with Crippen molar-refractivity contribution in [3.63, 3.8) is 0 Å². The van der Waals surface area contributed by atoms with Crippen molar-refractivity contribution in [1.29, 1.82) is 0 Å². The zero-order valence-corrected chi connectivity index (χ0v) is 12.6. The largest absolute Gasteiger partial charge is 0.497 e. The number of rotatable bonds is 5. The molecule has 0 fully saturated rings. The van der Waals surface area contributed by atoms with Gasteiger partial charge in [0.2, 0.25) is 0 Å². The summed E-state index contributed by atoms with van der Waals surface area (Å²) in [6.45, 7) is 1.92. The Labute approximate surface area is 132 Å². The molecule has 0 aliphatic carbocycles. The van der Waals surface area contributed by atoms with Gasteiger partial charge in [-0.15, -0.1) is 0 Å². The summed E-state index contributed by atoms with van der Waals surface area (Å²) in [4.78, 5) is 0. The van der Waals surface area contributed by atoms with Crippen LogP contribution in [0.3, 0.4) is 0 Å². The van der Waals surface area contributed by atoms with Gasteiger partial charge in [0.05, 0.1) is 7.11 Å². The molecular weight excluding hydrogens is 305 g/mol. The number of methoxy groups -OCH3 is 1. The van der Waals surface area contributed by atoms with Gasteiger partial charge in [-0.25, -0.2) is 0 Å². The summed E-state index contributed by atoms with van der Waals surface area (Å²) >= 11 is 0. The fourth-order valence-corrected chi connectivity index (χ4v) is 1.96. The standard InChI is InChI=1S/C18H15F3O2/c1-12(11-13-3-7-15(22-2)8-4-13)14-5-9-16(10-6-14)23-18(21)17(19)20/h3-11H,1-2H3/b12-11+. The number of halogens is 3. The van der Waals surface area contributed by atoms with Gasteiger partial charge < -0.3 is 9.47 Å². The molecule has 0 unspecified atom stereocenters. The first-order chi connectivity index (χ1) is 11.0. The maximum atomic E-state index is 12.7. The van der Waals surface area contributed by atoms with Gasteiger partial charge in [-0.3, -0.25) is 0 Å². The Morgan fingerprint density at radius 3 is 1.96 bits per heavy atom. The van der Waals surface area contributed by atoms with Gasteiger partial charge in [0, 0.05) is 0 Å². The molecule has 0 aliphatic heterocycles. The highest BCUT2D eigenvalue weighted by Crippen LogP contribution is 2.23. The smallest absolute Gasteiger partial charge is 0.344 e. The second-order valence-corrected chi connectivity index (χ2v) is 4.76. The van der Waals surface area contributed by atoms with Crippen molar-refractivity contribution in [2.45, 2.75) is 6.92 Å². The van der Waals surface area contributed by atoms with E-state index in [0.717, 1.165) is 22.4 Å². The Kier molecular flexibility index (Phi) is 5.46. The third-order valence-electron chi connectivity index (χ3n) is 3.16. The molecule has 0 bridgehead atoms. The molecule has 2 rings (SSSR count). The number of benzene rings is 2. The molecule has 2 aromatic carbocycles. The number of hydrogen-bond acceptors (Lipinski definition) is 2. The van der Waals surface area contributed by atoms with Crippen LogP contribution < -0.4 is 9.47 Å². The van der Waals surface area contributed by atoms with Crippen molar-refractivity contribution >= 4 is 11.6 Å². The van der Waals surface area contributed by atoms with Crippen LogP contribution >= 0.6 is 0 Å². The molecular formula is C18H15F3O2. The van der Waals surface area contributed by atoms with E-state index in [9.17, 15) is 13.2 Å². The Hall–Kier alpha value is -2.69. The van der Waals surface area contributed by atoms with Crippen LogP contribution in [-0.4, -0.2) is 7.11 Å². The second kappa shape index (κ2) is 7.54. The van der Waals surface area contributed by atoms with E-state index in [-0.39, 0.29) is 5.75 Å². The van der Waals surface area contributed by atoms with Gasteiger partial charge in [-0.1, -0.05) is 30.3 Å². The van der Waals surface area contributed by atoms with Gasteiger partial charge >= 0.3 is 12.1 Å². The van der Waals surface area contributed by atoms with E-state index in [4.69, 9.17) is 4.74 Å². The lowest BCUT2D eigenvalue weighted by Crippen LogP contribution is -1.91. The number of ether oxygens (including phenoxy) is 2. The molecule has 0 atom stereocenters. The van der Waals surface area contributed by atoms with Gasteiger partial charge in [0.25, 0.3) is 0 Å². The van der Waals surface area contributed by atoms with Crippen LogP contribution in [0.1, 0.15) is 18.1 Å². The molecule has 0 N–H and O–H groups in total. The van der Waals surface area contributed by atoms with Crippen LogP contribution in [0.25, 0.3) is 11.6 Å². The van der Waals surface area contributed by atoms with Crippen LogP contribution in [0, 0.1) is 0 Å². The van der Waals surface area contributed by atoms with Crippen molar-refractivity contribution < 1.29 is 22.6 Å². The normalized spacial score (nSPS) is 11.1. The Bertz CT molecular complexity index is 713. The molecule has 0 amide bonds. The molecule has 0 saturated heterocycles. The molecule has 5 heteroatoms. The van der Waals surface area contributed by atoms with E-state index in [1.807, 2.05) is 37.3 Å². The van der Waals surface area contributed by atoms with Crippen molar-refractivity contribution in [1.82, 2.24) is 0 Å². The fourth-order valence-electron chi connectivity index (χ4n) is 1.96. The third kappa shape index (κ3) is 4.64. The monoisotopic (exact) mass is 320 g/mol. The van der Waals surface area contributed by atoms with Crippen LogP contribution in [-0.2, 0) is 0 Å². The topological polar surface area (TPSA) is 18.5 Å². The minimum Gasteiger partial charge on any atom is -0.497 e. The number of allylic oxidation sites excluding steroid dienone is 1. The maximum absolute atomic E-state index is 12.7. The predicted molar refractivity (Wildman–Crippen MR) is 84.0 cm³/mol. The Morgan fingerprint density at radius 1 is 0.870 bits per heavy atom. The Morgan fingerprint density at radius 2 is 1.43 bits per heavy atom. The zero-order valence-electron chi connectivity index (χ0n) is 12.6. The van der Waals surface area contributed by atoms with E-state index in [1.165, 1.54) is 12.1 Å². The van der Waals surface area contributed by atoms with Crippen molar-refractivity contribution in [3.05, 3.63) is 71.8 Å². The maximum Gasteiger partial charge on any atom is 0.344 e. The van der Waals surface area contributed by atoms with E-state index in [1.54, 1.807) is 19.2 Å². The van der Waals surface area contributed by atoms with Crippen LogP contribution in [0.5, 0.6) is 11.5 Å². The lowest BCUT2D eigenvalue weighted by molar-refractivity contribution is 0.241. The molecule has 0 saturated carbocycles. The molecule has 0 aromatic heterocycles. The van der Waals surface area contributed by atoms with Crippen LogP contribution in [0.15, 0.2) is 60.6 Å². The third-order valence-corrected chi connectivity index (χ3v) is 3.16. The van der Waals surface area contributed by atoms with Crippen molar-refractivity contribution in [2.75, 3.05) is 7.11 Å². The summed E-state index contributed by atoms with van der Waals surface area (Å²) in [6, 6.07) is 11.9. The van der Waals surface area contributed by atoms with Gasteiger partial charge in [0.15, 0.2) is 0 Å². The van der Waals surface area contributed by atoms with E-state index in [0.29, 0.717) is 0 Å².